The van der Waals surface area contributed by atoms with Crippen LogP contribution in [0.1, 0.15) is 11.3 Å². The van der Waals surface area contributed by atoms with Crippen LogP contribution in [0.25, 0.3) is 23.1 Å². The number of fused-ring (bicyclic) bond motifs is 1. The smallest absolute Gasteiger partial charge is 0.370 e. The van der Waals surface area contributed by atoms with Gasteiger partial charge in [-0.05, 0) is 35.9 Å². The largest absolute Gasteiger partial charge is 0.477 e. The molecule has 126 valence electrons. The molecule has 0 amide bonds. The number of carbonyl (C=O) groups is 1. The van der Waals surface area contributed by atoms with E-state index in [1.165, 1.54) is 0 Å². The molecule has 1 heterocycles. The van der Waals surface area contributed by atoms with Gasteiger partial charge in [0.25, 0.3) is 0 Å². The van der Waals surface area contributed by atoms with Crippen LogP contribution in [0.4, 0.5) is 5.69 Å². The van der Waals surface area contributed by atoms with Crippen LogP contribution in [0.2, 0.25) is 0 Å². The van der Waals surface area contributed by atoms with Gasteiger partial charge in [0.1, 0.15) is 0 Å². The summed E-state index contributed by atoms with van der Waals surface area (Å²) < 4.78 is 1.82. The van der Waals surface area contributed by atoms with Gasteiger partial charge >= 0.3 is 5.97 Å². The van der Waals surface area contributed by atoms with Gasteiger partial charge in [-0.15, -0.1) is 0 Å². The van der Waals surface area contributed by atoms with Crippen molar-refractivity contribution in [3.05, 3.63) is 71.9 Å². The standard InChI is InChI=1S/C21H20N2O2/c1-22(2)18-11-7-16(8-12-18)9-13-19-14-10-17-5-3-4-6-20(17)23(19)15-21(24)25/h3-14H,15H2,1-2H3/p+1. The molecule has 3 aromatic rings. The van der Waals surface area contributed by atoms with Gasteiger partial charge in [-0.25, -0.2) is 4.79 Å². The minimum atomic E-state index is -0.855. The van der Waals surface area contributed by atoms with Gasteiger partial charge < -0.3 is 10.0 Å². The highest BCUT2D eigenvalue weighted by molar-refractivity contribution is 5.78. The summed E-state index contributed by atoms with van der Waals surface area (Å²) in [4.78, 5) is 13.3. The Morgan fingerprint density at radius 1 is 1.00 bits per heavy atom. The predicted molar refractivity (Wildman–Crippen MR) is 101 cm³/mol. The molecule has 0 aliphatic carbocycles. The monoisotopic (exact) mass is 333 g/mol. The van der Waals surface area contributed by atoms with Crippen molar-refractivity contribution >= 4 is 34.7 Å². The molecule has 4 nitrogen and oxygen atoms in total. The van der Waals surface area contributed by atoms with Gasteiger partial charge in [0.15, 0.2) is 0 Å². The van der Waals surface area contributed by atoms with Crippen LogP contribution in [-0.2, 0) is 11.3 Å². The van der Waals surface area contributed by atoms with E-state index in [1.54, 1.807) is 0 Å². The molecule has 0 radical (unpaired) electrons. The van der Waals surface area contributed by atoms with Gasteiger partial charge in [-0.3, -0.25) is 0 Å². The summed E-state index contributed by atoms with van der Waals surface area (Å²) in [7, 11) is 4.02. The van der Waals surface area contributed by atoms with Crippen molar-refractivity contribution in [2.24, 2.45) is 0 Å². The molecule has 4 heteroatoms. The fourth-order valence-electron chi connectivity index (χ4n) is 2.80. The first-order valence-corrected chi connectivity index (χ1v) is 8.13. The van der Waals surface area contributed by atoms with Crippen molar-refractivity contribution in [3.63, 3.8) is 0 Å². The molecule has 0 saturated heterocycles. The van der Waals surface area contributed by atoms with Crippen LogP contribution in [0.3, 0.4) is 0 Å². The number of hydrogen-bond acceptors (Lipinski definition) is 2. The lowest BCUT2D eigenvalue weighted by Crippen LogP contribution is -2.41. The Kier molecular flexibility index (Phi) is 4.80. The number of aromatic nitrogens is 1. The van der Waals surface area contributed by atoms with Crippen LogP contribution in [0.15, 0.2) is 60.7 Å². The topological polar surface area (TPSA) is 44.4 Å². The second kappa shape index (κ2) is 7.18. The quantitative estimate of drug-likeness (QED) is 0.728. The number of carboxylic acid groups (broad SMARTS) is 1. The van der Waals surface area contributed by atoms with Crippen LogP contribution < -0.4 is 9.47 Å². The van der Waals surface area contributed by atoms with Gasteiger partial charge in [-0.2, -0.15) is 4.57 Å². The third kappa shape index (κ3) is 3.86. The molecule has 0 atom stereocenters. The van der Waals surface area contributed by atoms with Crippen LogP contribution in [0, 0.1) is 0 Å². The molecule has 0 bridgehead atoms. The zero-order valence-corrected chi connectivity index (χ0v) is 14.4. The number of pyridine rings is 1. The van der Waals surface area contributed by atoms with Crippen molar-refractivity contribution < 1.29 is 14.5 Å². The molecular formula is C21H21N2O2+. The Bertz CT molecular complexity index is 928. The molecule has 3 rings (SSSR count). The summed E-state index contributed by atoms with van der Waals surface area (Å²) in [5, 5.41) is 10.3. The highest BCUT2D eigenvalue weighted by Gasteiger charge is 2.16. The van der Waals surface area contributed by atoms with Gasteiger partial charge in [0.2, 0.25) is 17.8 Å². The summed E-state index contributed by atoms with van der Waals surface area (Å²) in [5.41, 5.74) is 3.98. The Hall–Kier alpha value is -3.14. The number of benzene rings is 2. The average molecular weight is 333 g/mol. The summed E-state index contributed by atoms with van der Waals surface area (Å²) in [6.45, 7) is -0.0689. The summed E-state index contributed by atoms with van der Waals surface area (Å²) in [5.74, 6) is -0.855. The fourth-order valence-corrected chi connectivity index (χ4v) is 2.80. The van der Waals surface area contributed by atoms with Crippen molar-refractivity contribution in [1.29, 1.82) is 0 Å². The first-order valence-electron chi connectivity index (χ1n) is 8.13. The predicted octanol–water partition coefficient (Wildman–Crippen LogP) is 3.45. The molecular weight excluding hydrogens is 312 g/mol. The summed E-state index contributed by atoms with van der Waals surface area (Å²) in [6, 6.07) is 20.0. The minimum Gasteiger partial charge on any atom is -0.477 e. The van der Waals surface area contributed by atoms with Crippen LogP contribution >= 0.6 is 0 Å². The van der Waals surface area contributed by atoms with E-state index in [4.69, 9.17) is 0 Å². The van der Waals surface area contributed by atoms with Crippen molar-refractivity contribution in [1.82, 2.24) is 0 Å². The minimum absolute atomic E-state index is 0.0689. The third-order valence-corrected chi connectivity index (χ3v) is 4.12. The van der Waals surface area contributed by atoms with Crippen LogP contribution in [0.5, 0.6) is 0 Å². The van der Waals surface area contributed by atoms with Gasteiger partial charge in [0, 0.05) is 43.4 Å². The molecule has 0 unspecified atom stereocenters. The zero-order chi connectivity index (χ0) is 17.8. The molecule has 0 saturated carbocycles. The molecule has 2 aromatic carbocycles. The number of nitrogens with zero attached hydrogens (tertiary/aromatic N) is 2. The lowest BCUT2D eigenvalue weighted by atomic mass is 10.1. The van der Waals surface area contributed by atoms with E-state index in [0.717, 1.165) is 27.8 Å². The average Bonchev–Trinajstić information content (AvgIpc) is 2.61. The lowest BCUT2D eigenvalue weighted by Gasteiger charge is -2.11. The summed E-state index contributed by atoms with van der Waals surface area (Å²) in [6.07, 6.45) is 3.96. The second-order valence-electron chi connectivity index (χ2n) is 6.12. The Morgan fingerprint density at radius 3 is 2.40 bits per heavy atom. The Labute approximate surface area is 147 Å². The summed E-state index contributed by atoms with van der Waals surface area (Å²) >= 11 is 0. The second-order valence-corrected chi connectivity index (χ2v) is 6.12. The maximum Gasteiger partial charge on any atom is 0.370 e. The van der Waals surface area contributed by atoms with E-state index in [-0.39, 0.29) is 6.54 Å². The highest BCUT2D eigenvalue weighted by Crippen LogP contribution is 2.15. The number of para-hydroxylation sites is 1. The molecule has 0 fully saturated rings. The van der Waals surface area contributed by atoms with Crippen molar-refractivity contribution in [3.8, 4) is 0 Å². The Morgan fingerprint density at radius 2 is 1.72 bits per heavy atom. The zero-order valence-electron chi connectivity index (χ0n) is 14.4. The maximum absolute atomic E-state index is 11.3. The normalized spacial score (nSPS) is 11.1. The van der Waals surface area contributed by atoms with E-state index in [1.807, 2.05) is 67.2 Å². The van der Waals surface area contributed by atoms with Crippen LogP contribution in [-0.4, -0.2) is 25.2 Å². The van der Waals surface area contributed by atoms with E-state index in [9.17, 15) is 9.90 Å². The maximum atomic E-state index is 11.3. The molecule has 1 N–H and O–H groups in total. The lowest BCUT2D eigenvalue weighted by molar-refractivity contribution is -0.661. The number of anilines is 1. The molecule has 25 heavy (non-hydrogen) atoms. The van der Waals surface area contributed by atoms with E-state index >= 15 is 0 Å². The molecule has 0 aliphatic rings. The number of carboxylic acids is 1. The van der Waals surface area contributed by atoms with Gasteiger partial charge in [0.05, 0.1) is 0 Å². The highest BCUT2D eigenvalue weighted by atomic mass is 16.4. The number of aliphatic carboxylic acids is 1. The SMILES string of the molecule is CN(C)c1ccc(/C=C/c2ccc3ccccc3[n+]2CC(=O)O)cc1. The van der Waals surface area contributed by atoms with Crippen molar-refractivity contribution in [2.45, 2.75) is 6.54 Å². The van der Waals surface area contributed by atoms with E-state index in [0.29, 0.717) is 0 Å². The van der Waals surface area contributed by atoms with E-state index < -0.39 is 5.97 Å². The van der Waals surface area contributed by atoms with Gasteiger partial charge in [-0.1, -0.05) is 24.3 Å². The van der Waals surface area contributed by atoms with Crippen molar-refractivity contribution in [2.75, 3.05) is 19.0 Å². The third-order valence-electron chi connectivity index (χ3n) is 4.12. The van der Waals surface area contributed by atoms with E-state index in [2.05, 4.69) is 29.2 Å². The molecule has 1 aromatic heterocycles. The number of rotatable bonds is 5. The number of hydrogen-bond donors (Lipinski definition) is 1. The Balaban J connectivity index is 1.98. The first kappa shape index (κ1) is 16.7. The first-order chi connectivity index (χ1) is 12.0. The fraction of sp³-hybridized carbons (Fsp3) is 0.143. The molecule has 0 spiro atoms. The molecule has 0 aliphatic heterocycles.